The number of nitrogens with two attached hydrogens (primary N) is 1. The van der Waals surface area contributed by atoms with Crippen molar-refractivity contribution in [3.63, 3.8) is 0 Å². The number of unbranched alkanes of at least 4 members (excludes halogenated alkanes) is 23. The van der Waals surface area contributed by atoms with Gasteiger partial charge in [-0.15, -0.1) is 0 Å². The number of carbonyl (C=O) groups excluding carboxylic acids is 1. The van der Waals surface area contributed by atoms with Gasteiger partial charge in [-0.3, -0.25) is 18.6 Å². The zero-order valence-electron chi connectivity index (χ0n) is 30.1. The van der Waals surface area contributed by atoms with Crippen LogP contribution in [0.3, 0.4) is 0 Å². The molecule has 0 aliphatic rings. The molecule has 0 aliphatic heterocycles. The number of carboxylic acid groups (broad SMARTS) is 1. The summed E-state index contributed by atoms with van der Waals surface area (Å²) >= 11 is 0. The molecule has 4 N–H and O–H groups in total. The van der Waals surface area contributed by atoms with Gasteiger partial charge in [0.2, 0.25) is 0 Å². The van der Waals surface area contributed by atoms with E-state index >= 15 is 0 Å². The van der Waals surface area contributed by atoms with Crippen LogP contribution in [-0.4, -0.2) is 60.5 Å². The molecule has 280 valence electrons. The molecule has 0 heterocycles. The summed E-state index contributed by atoms with van der Waals surface area (Å²) in [7, 11) is -4.60. The van der Waals surface area contributed by atoms with Crippen LogP contribution in [0.4, 0.5) is 0 Å². The van der Waals surface area contributed by atoms with Crippen molar-refractivity contribution in [1.82, 2.24) is 0 Å². The second kappa shape index (κ2) is 33.5. The van der Waals surface area contributed by atoms with Crippen molar-refractivity contribution >= 4 is 19.8 Å². The van der Waals surface area contributed by atoms with Crippen LogP contribution in [0.2, 0.25) is 0 Å². The van der Waals surface area contributed by atoms with Gasteiger partial charge in [-0.05, 0) is 12.8 Å². The number of esters is 1. The molecule has 0 bridgehead atoms. The smallest absolute Gasteiger partial charge is 0.472 e. The highest BCUT2D eigenvalue weighted by atomic mass is 31.2. The zero-order valence-corrected chi connectivity index (χ0v) is 31.0. The SMILES string of the molecule is CCCCCCCCCCCCCCCCCCC(=O)OC(COCCCCCCCCCCC)COP(=O)(O)OCC(N)C(=O)O. The van der Waals surface area contributed by atoms with E-state index in [1.807, 2.05) is 0 Å². The summed E-state index contributed by atoms with van der Waals surface area (Å²) in [6.07, 6.45) is 30.1. The molecule has 0 radical (unpaired) electrons. The molecule has 0 aliphatic carbocycles. The van der Waals surface area contributed by atoms with E-state index in [1.54, 1.807) is 0 Å². The summed E-state index contributed by atoms with van der Waals surface area (Å²) in [5, 5.41) is 8.85. The number of ether oxygens (including phenoxy) is 2. The summed E-state index contributed by atoms with van der Waals surface area (Å²) in [6, 6.07) is -1.47. The minimum Gasteiger partial charge on any atom is -0.480 e. The molecule has 0 saturated heterocycles. The van der Waals surface area contributed by atoms with E-state index in [0.29, 0.717) is 6.61 Å². The summed E-state index contributed by atoms with van der Waals surface area (Å²) in [5.74, 6) is -1.77. The van der Waals surface area contributed by atoms with Crippen LogP contribution in [0.15, 0.2) is 0 Å². The van der Waals surface area contributed by atoms with Crippen LogP contribution < -0.4 is 5.73 Å². The lowest BCUT2D eigenvalue weighted by Gasteiger charge is -2.20. The van der Waals surface area contributed by atoms with Crippen molar-refractivity contribution in [2.45, 2.75) is 193 Å². The molecule has 11 heteroatoms. The van der Waals surface area contributed by atoms with Crippen LogP contribution in [0.1, 0.15) is 181 Å². The Labute approximate surface area is 287 Å². The molecule has 3 atom stereocenters. The first-order valence-corrected chi connectivity index (χ1v) is 20.6. The lowest BCUT2D eigenvalue weighted by atomic mass is 10.0. The van der Waals surface area contributed by atoms with Gasteiger partial charge in [0.05, 0.1) is 19.8 Å². The molecule has 0 saturated carbocycles. The molecule has 0 aromatic carbocycles. The van der Waals surface area contributed by atoms with Crippen molar-refractivity contribution in [2.24, 2.45) is 5.73 Å². The maximum atomic E-state index is 12.5. The van der Waals surface area contributed by atoms with Crippen LogP contribution in [0, 0.1) is 0 Å². The second-order valence-electron chi connectivity index (χ2n) is 13.1. The molecule has 10 nitrogen and oxygen atoms in total. The second-order valence-corrected chi connectivity index (χ2v) is 14.5. The molecule has 47 heavy (non-hydrogen) atoms. The third-order valence-corrected chi connectivity index (χ3v) is 9.34. The number of phosphoric acid groups is 1. The Morgan fingerprint density at radius 3 is 1.40 bits per heavy atom. The van der Waals surface area contributed by atoms with Gasteiger partial charge in [-0.1, -0.05) is 162 Å². The summed E-state index contributed by atoms with van der Waals surface area (Å²) < 4.78 is 33.1. The molecule has 0 aromatic rings. The topological polar surface area (TPSA) is 155 Å². The van der Waals surface area contributed by atoms with Gasteiger partial charge < -0.3 is 25.2 Å². The molecule has 0 spiro atoms. The lowest BCUT2D eigenvalue weighted by molar-refractivity contribution is -0.154. The van der Waals surface area contributed by atoms with E-state index in [4.69, 9.17) is 24.8 Å². The van der Waals surface area contributed by atoms with Gasteiger partial charge >= 0.3 is 19.8 Å². The predicted molar refractivity (Wildman–Crippen MR) is 189 cm³/mol. The number of aliphatic carboxylic acids is 1. The van der Waals surface area contributed by atoms with Crippen molar-refractivity contribution in [3.8, 4) is 0 Å². The van der Waals surface area contributed by atoms with E-state index in [2.05, 4.69) is 18.4 Å². The number of carboxylic acids is 1. The Balaban J connectivity index is 4.22. The molecule has 0 amide bonds. The molecule has 0 fully saturated rings. The van der Waals surface area contributed by atoms with Gasteiger partial charge in [0.1, 0.15) is 12.1 Å². The Morgan fingerprint density at radius 2 is 0.979 bits per heavy atom. The lowest BCUT2D eigenvalue weighted by Crippen LogP contribution is -2.34. The number of rotatable bonds is 37. The predicted octanol–water partition coefficient (Wildman–Crippen LogP) is 9.64. The first-order valence-electron chi connectivity index (χ1n) is 19.1. The average molecular weight is 694 g/mol. The highest BCUT2D eigenvalue weighted by molar-refractivity contribution is 7.47. The van der Waals surface area contributed by atoms with Crippen LogP contribution in [-0.2, 0) is 32.7 Å². The van der Waals surface area contributed by atoms with Crippen LogP contribution in [0.5, 0.6) is 0 Å². The van der Waals surface area contributed by atoms with E-state index in [9.17, 15) is 19.0 Å². The standard InChI is InChI=1S/C36H72NO9P/c1-3-5-7-9-11-13-14-15-16-17-18-19-20-22-24-26-28-35(38)46-33(31-44-47(41,42)45-32-34(37)36(39)40)30-43-29-27-25-23-21-12-10-8-6-4-2/h33-34H,3-32,37H2,1-2H3,(H,39,40)(H,41,42). The summed E-state index contributed by atoms with van der Waals surface area (Å²) in [4.78, 5) is 33.3. The number of phosphoric ester groups is 1. The van der Waals surface area contributed by atoms with E-state index in [1.165, 1.54) is 122 Å². The van der Waals surface area contributed by atoms with Crippen molar-refractivity contribution in [2.75, 3.05) is 26.4 Å². The fourth-order valence-electron chi connectivity index (χ4n) is 5.37. The third-order valence-electron chi connectivity index (χ3n) is 8.39. The maximum absolute atomic E-state index is 12.5. The quantitative estimate of drug-likeness (QED) is 0.0325. The molecule has 0 aromatic heterocycles. The van der Waals surface area contributed by atoms with Gasteiger partial charge in [0.25, 0.3) is 0 Å². The van der Waals surface area contributed by atoms with Gasteiger partial charge in [0.15, 0.2) is 0 Å². The molecule has 3 unspecified atom stereocenters. The van der Waals surface area contributed by atoms with E-state index < -0.39 is 45.1 Å². The van der Waals surface area contributed by atoms with E-state index in [0.717, 1.165) is 38.5 Å². The van der Waals surface area contributed by atoms with Crippen LogP contribution >= 0.6 is 7.82 Å². The fourth-order valence-corrected chi connectivity index (χ4v) is 6.15. The summed E-state index contributed by atoms with van der Waals surface area (Å²) in [6.45, 7) is 3.88. The molecular formula is C36H72NO9P. The summed E-state index contributed by atoms with van der Waals surface area (Å²) in [5.41, 5.74) is 5.33. The van der Waals surface area contributed by atoms with Crippen LogP contribution in [0.25, 0.3) is 0 Å². The largest absolute Gasteiger partial charge is 0.480 e. The number of carbonyl (C=O) groups is 2. The first-order chi connectivity index (χ1) is 22.7. The minimum atomic E-state index is -4.60. The highest BCUT2D eigenvalue weighted by Gasteiger charge is 2.27. The van der Waals surface area contributed by atoms with Crippen molar-refractivity contribution < 1.29 is 42.7 Å². The van der Waals surface area contributed by atoms with Gasteiger partial charge in [-0.25, -0.2) is 4.57 Å². The Morgan fingerprint density at radius 1 is 0.596 bits per heavy atom. The highest BCUT2D eigenvalue weighted by Crippen LogP contribution is 2.43. The monoisotopic (exact) mass is 693 g/mol. The van der Waals surface area contributed by atoms with Gasteiger partial charge in [0, 0.05) is 13.0 Å². The Kier molecular flexibility index (Phi) is 32.7. The van der Waals surface area contributed by atoms with E-state index in [-0.39, 0.29) is 13.0 Å². The number of hydrogen-bond donors (Lipinski definition) is 3. The van der Waals surface area contributed by atoms with Crippen molar-refractivity contribution in [3.05, 3.63) is 0 Å². The third kappa shape index (κ3) is 33.3. The maximum Gasteiger partial charge on any atom is 0.472 e. The normalized spacial score (nSPS) is 14.1. The molecule has 0 rings (SSSR count). The van der Waals surface area contributed by atoms with Crippen molar-refractivity contribution in [1.29, 1.82) is 0 Å². The zero-order chi connectivity index (χ0) is 34.9. The number of hydrogen-bond acceptors (Lipinski definition) is 8. The fraction of sp³-hybridized carbons (Fsp3) is 0.944. The van der Waals surface area contributed by atoms with Gasteiger partial charge in [-0.2, -0.15) is 0 Å². The first kappa shape index (κ1) is 46.0. The Hall–Kier alpha value is -1.03. The minimum absolute atomic E-state index is 0.0242. The molecular weight excluding hydrogens is 621 g/mol. The Bertz CT molecular complexity index is 771. The average Bonchev–Trinajstić information content (AvgIpc) is 3.04.